The van der Waals surface area contributed by atoms with Crippen molar-refractivity contribution in [2.24, 2.45) is 0 Å². The Bertz CT molecular complexity index is 656. The average molecular weight is 364 g/mol. The van der Waals surface area contributed by atoms with Crippen LogP contribution in [0.1, 0.15) is 38.1 Å². The van der Waals surface area contributed by atoms with Crippen LogP contribution in [0.2, 0.25) is 10.0 Å². The lowest BCUT2D eigenvalue weighted by Crippen LogP contribution is -2.18. The van der Waals surface area contributed by atoms with Gasteiger partial charge in [-0.3, -0.25) is 0 Å². The van der Waals surface area contributed by atoms with Gasteiger partial charge in [-0.15, -0.1) is 11.6 Å². The van der Waals surface area contributed by atoms with E-state index in [4.69, 9.17) is 34.8 Å². The molecule has 3 rings (SSSR count). The summed E-state index contributed by atoms with van der Waals surface area (Å²) >= 11 is 20.5. The fourth-order valence-electron chi connectivity index (χ4n) is 3.21. The molecule has 1 fully saturated rings. The number of rotatable bonds is 4. The maximum atomic E-state index is 6.21. The zero-order valence-corrected chi connectivity index (χ0v) is 14.9. The Hall–Kier alpha value is -0.0900. The minimum atomic E-state index is 0.407. The topological polar surface area (TPSA) is 17.8 Å². The van der Waals surface area contributed by atoms with Crippen LogP contribution in [0.15, 0.2) is 12.1 Å². The third kappa shape index (κ3) is 2.90. The molecule has 1 aromatic heterocycles. The van der Waals surface area contributed by atoms with Crippen LogP contribution in [0, 0.1) is 0 Å². The molecule has 114 valence electrons. The predicted octanol–water partition coefficient (Wildman–Crippen LogP) is 5.93. The summed E-state index contributed by atoms with van der Waals surface area (Å²) in [6, 6.07) is 4.21. The van der Waals surface area contributed by atoms with Gasteiger partial charge in [-0.2, -0.15) is 11.8 Å². The van der Waals surface area contributed by atoms with E-state index in [1.807, 2.05) is 23.9 Å². The van der Waals surface area contributed by atoms with Crippen LogP contribution in [0.3, 0.4) is 0 Å². The Labute approximate surface area is 144 Å². The third-order valence-electron chi connectivity index (χ3n) is 4.05. The van der Waals surface area contributed by atoms with E-state index in [0.717, 1.165) is 22.6 Å². The predicted molar refractivity (Wildman–Crippen MR) is 94.1 cm³/mol. The minimum absolute atomic E-state index is 0.407. The number of thioether (sulfide) groups is 1. The van der Waals surface area contributed by atoms with Gasteiger partial charge in [0, 0.05) is 11.3 Å². The monoisotopic (exact) mass is 362 g/mol. The number of benzene rings is 1. The summed E-state index contributed by atoms with van der Waals surface area (Å²) in [6.07, 6.45) is 3.68. The summed E-state index contributed by atoms with van der Waals surface area (Å²) in [6.45, 7) is 2.21. The number of alkyl halides is 1. The van der Waals surface area contributed by atoms with Gasteiger partial charge < -0.3 is 4.57 Å². The number of fused-ring (bicyclic) bond motifs is 1. The molecule has 1 saturated carbocycles. The lowest BCUT2D eigenvalue weighted by atomic mass is 10.2. The van der Waals surface area contributed by atoms with Crippen molar-refractivity contribution in [3.05, 3.63) is 28.0 Å². The van der Waals surface area contributed by atoms with Crippen LogP contribution < -0.4 is 0 Å². The van der Waals surface area contributed by atoms with Crippen molar-refractivity contribution in [1.82, 2.24) is 9.55 Å². The fourth-order valence-corrected chi connectivity index (χ4v) is 4.96. The second-order valence-corrected chi connectivity index (χ2v) is 7.88. The van der Waals surface area contributed by atoms with Crippen molar-refractivity contribution in [2.75, 3.05) is 5.75 Å². The molecule has 0 saturated heterocycles. The number of imidazole rings is 1. The Morgan fingerprint density at radius 3 is 2.76 bits per heavy atom. The molecular weight excluding hydrogens is 347 g/mol. The normalized spacial score (nSPS) is 22.3. The molecule has 6 heteroatoms. The van der Waals surface area contributed by atoms with Crippen molar-refractivity contribution in [3.8, 4) is 0 Å². The fraction of sp³-hybridized carbons (Fsp3) is 0.533. The molecule has 1 aromatic carbocycles. The van der Waals surface area contributed by atoms with E-state index in [9.17, 15) is 0 Å². The highest BCUT2D eigenvalue weighted by Gasteiger charge is 2.31. The molecule has 1 aliphatic rings. The van der Waals surface area contributed by atoms with Crippen molar-refractivity contribution >= 4 is 57.6 Å². The first kappa shape index (κ1) is 15.8. The number of halogens is 3. The summed E-state index contributed by atoms with van der Waals surface area (Å²) < 4.78 is 2.30. The van der Waals surface area contributed by atoms with E-state index in [2.05, 4.69) is 16.5 Å². The highest BCUT2D eigenvalue weighted by molar-refractivity contribution is 7.99. The Morgan fingerprint density at radius 2 is 2.05 bits per heavy atom. The van der Waals surface area contributed by atoms with E-state index in [1.54, 1.807) is 0 Å². The Kier molecular flexibility index (Phi) is 4.94. The summed E-state index contributed by atoms with van der Waals surface area (Å²) in [5.74, 6) is 2.46. The molecule has 0 N–H and O–H groups in total. The van der Waals surface area contributed by atoms with E-state index in [-0.39, 0.29) is 0 Å². The molecule has 21 heavy (non-hydrogen) atoms. The maximum Gasteiger partial charge on any atom is 0.125 e. The average Bonchev–Trinajstić information content (AvgIpc) is 3.04. The SMILES string of the molecule is CCSC1CCCC1n1c(CCl)nc2cc(Cl)c(Cl)cc21. The summed E-state index contributed by atoms with van der Waals surface area (Å²) in [4.78, 5) is 4.65. The van der Waals surface area contributed by atoms with Gasteiger partial charge in [-0.05, 0) is 30.7 Å². The maximum absolute atomic E-state index is 6.21. The van der Waals surface area contributed by atoms with E-state index in [1.165, 1.54) is 19.3 Å². The molecule has 1 aliphatic carbocycles. The zero-order valence-electron chi connectivity index (χ0n) is 11.8. The molecule has 0 bridgehead atoms. The Morgan fingerprint density at radius 1 is 1.29 bits per heavy atom. The van der Waals surface area contributed by atoms with Crippen LogP contribution in [0.4, 0.5) is 0 Å². The van der Waals surface area contributed by atoms with Crippen molar-refractivity contribution in [3.63, 3.8) is 0 Å². The van der Waals surface area contributed by atoms with Gasteiger partial charge in [0.1, 0.15) is 5.82 Å². The van der Waals surface area contributed by atoms with Crippen LogP contribution in [-0.2, 0) is 5.88 Å². The van der Waals surface area contributed by atoms with Crippen LogP contribution in [0.5, 0.6) is 0 Å². The smallest absolute Gasteiger partial charge is 0.125 e. The van der Waals surface area contributed by atoms with Gasteiger partial charge in [0.15, 0.2) is 0 Å². The second-order valence-electron chi connectivity index (χ2n) is 5.28. The second kappa shape index (κ2) is 6.57. The van der Waals surface area contributed by atoms with E-state index in [0.29, 0.717) is 27.2 Å². The molecule has 2 aromatic rings. The number of hydrogen-bond acceptors (Lipinski definition) is 2. The first-order valence-corrected chi connectivity index (χ1v) is 9.53. The minimum Gasteiger partial charge on any atom is -0.323 e. The quantitative estimate of drug-likeness (QED) is 0.627. The molecule has 2 atom stereocenters. The van der Waals surface area contributed by atoms with E-state index < -0.39 is 0 Å². The number of nitrogens with zero attached hydrogens (tertiary/aromatic N) is 2. The molecule has 1 heterocycles. The molecule has 2 nitrogen and oxygen atoms in total. The summed E-state index contributed by atoms with van der Waals surface area (Å²) in [5, 5.41) is 1.74. The van der Waals surface area contributed by atoms with Gasteiger partial charge in [0.05, 0.1) is 27.0 Å². The molecule has 0 spiro atoms. The van der Waals surface area contributed by atoms with Crippen LogP contribution in [-0.4, -0.2) is 20.6 Å². The van der Waals surface area contributed by atoms with Gasteiger partial charge in [0.2, 0.25) is 0 Å². The zero-order chi connectivity index (χ0) is 15.0. The highest BCUT2D eigenvalue weighted by Crippen LogP contribution is 2.41. The third-order valence-corrected chi connectivity index (χ3v) is 6.33. The van der Waals surface area contributed by atoms with Crippen LogP contribution >= 0.6 is 46.6 Å². The largest absolute Gasteiger partial charge is 0.323 e. The lowest BCUT2D eigenvalue weighted by Gasteiger charge is -2.23. The molecular formula is C15H17Cl3N2S. The highest BCUT2D eigenvalue weighted by atomic mass is 35.5. The molecule has 2 unspecified atom stereocenters. The van der Waals surface area contributed by atoms with Crippen molar-refractivity contribution in [1.29, 1.82) is 0 Å². The van der Waals surface area contributed by atoms with Crippen molar-refractivity contribution in [2.45, 2.75) is 43.4 Å². The van der Waals surface area contributed by atoms with Gasteiger partial charge in [-0.25, -0.2) is 4.98 Å². The summed E-state index contributed by atoms with van der Waals surface area (Å²) in [7, 11) is 0. The first-order valence-electron chi connectivity index (χ1n) is 7.19. The molecule has 0 radical (unpaired) electrons. The molecule has 0 aliphatic heterocycles. The molecule has 0 amide bonds. The van der Waals surface area contributed by atoms with Crippen LogP contribution in [0.25, 0.3) is 11.0 Å². The summed E-state index contributed by atoms with van der Waals surface area (Å²) in [5.41, 5.74) is 1.93. The van der Waals surface area contributed by atoms with E-state index >= 15 is 0 Å². The Balaban J connectivity index is 2.13. The van der Waals surface area contributed by atoms with Gasteiger partial charge in [0.25, 0.3) is 0 Å². The lowest BCUT2D eigenvalue weighted by molar-refractivity contribution is 0.527. The number of hydrogen-bond donors (Lipinski definition) is 0. The number of aromatic nitrogens is 2. The van der Waals surface area contributed by atoms with Gasteiger partial charge >= 0.3 is 0 Å². The standard InChI is InChI=1S/C15H17Cl3N2S/c1-2-21-14-5-3-4-12(14)20-13-7-10(18)9(17)6-11(13)19-15(20)8-16/h6-7,12,14H,2-5,8H2,1H3. The van der Waals surface area contributed by atoms with Gasteiger partial charge in [-0.1, -0.05) is 36.5 Å². The van der Waals surface area contributed by atoms with Crippen molar-refractivity contribution < 1.29 is 0 Å². The first-order chi connectivity index (χ1) is 10.2.